The standard InChI is InChI=1S/C19H26N4O2/c20-14-4-6-15(7-5-14)25-16-8-9-17(21-13-16)18-10-11-22-23(18)19-3-1-2-12-24-19/h8-11,13-15,19H,1-7,12,20H2. The number of pyridine rings is 1. The third-order valence-electron chi connectivity index (χ3n) is 5.12. The van der Waals surface area contributed by atoms with Crippen LogP contribution in [0.4, 0.5) is 0 Å². The molecule has 1 atom stereocenters. The SMILES string of the molecule is NC1CCC(Oc2ccc(-c3ccnn3C3CCCCO3)nc2)CC1. The van der Waals surface area contributed by atoms with Crippen molar-refractivity contribution in [2.24, 2.45) is 5.73 Å². The molecule has 4 rings (SSSR count). The Balaban J connectivity index is 1.45. The summed E-state index contributed by atoms with van der Waals surface area (Å²) >= 11 is 0. The highest BCUT2D eigenvalue weighted by Gasteiger charge is 2.21. The molecule has 6 nitrogen and oxygen atoms in total. The van der Waals surface area contributed by atoms with Crippen molar-refractivity contribution in [1.82, 2.24) is 14.8 Å². The first-order valence-electron chi connectivity index (χ1n) is 9.33. The van der Waals surface area contributed by atoms with Gasteiger partial charge in [-0.2, -0.15) is 5.10 Å². The highest BCUT2D eigenvalue weighted by molar-refractivity contribution is 5.54. The molecule has 0 amide bonds. The van der Waals surface area contributed by atoms with Crippen LogP contribution >= 0.6 is 0 Å². The van der Waals surface area contributed by atoms with E-state index in [0.29, 0.717) is 6.04 Å². The Bertz CT molecular complexity index is 671. The van der Waals surface area contributed by atoms with Crippen molar-refractivity contribution in [3.8, 4) is 17.1 Å². The average Bonchev–Trinajstić information content (AvgIpc) is 3.15. The van der Waals surface area contributed by atoms with E-state index < -0.39 is 0 Å². The second kappa shape index (κ2) is 7.54. The molecule has 2 N–H and O–H groups in total. The van der Waals surface area contributed by atoms with Gasteiger partial charge in [-0.05, 0) is 63.1 Å². The first-order valence-corrected chi connectivity index (χ1v) is 9.33. The largest absolute Gasteiger partial charge is 0.489 e. The van der Waals surface area contributed by atoms with E-state index >= 15 is 0 Å². The zero-order valence-electron chi connectivity index (χ0n) is 14.5. The van der Waals surface area contributed by atoms with E-state index in [2.05, 4.69) is 10.1 Å². The van der Waals surface area contributed by atoms with Crippen LogP contribution in [0.15, 0.2) is 30.6 Å². The van der Waals surface area contributed by atoms with Crippen LogP contribution in [0.2, 0.25) is 0 Å². The number of rotatable bonds is 4. The fourth-order valence-corrected chi connectivity index (χ4v) is 3.66. The van der Waals surface area contributed by atoms with Crippen LogP contribution in [0.1, 0.15) is 51.2 Å². The summed E-state index contributed by atoms with van der Waals surface area (Å²) in [5.41, 5.74) is 7.83. The maximum atomic E-state index is 6.06. The lowest BCUT2D eigenvalue weighted by Gasteiger charge is -2.26. The summed E-state index contributed by atoms with van der Waals surface area (Å²) in [6.07, 6.45) is 11.3. The maximum Gasteiger partial charge on any atom is 0.150 e. The molecule has 1 aliphatic carbocycles. The van der Waals surface area contributed by atoms with Crippen LogP contribution in [-0.2, 0) is 4.74 Å². The van der Waals surface area contributed by atoms with Crippen molar-refractivity contribution >= 4 is 0 Å². The van der Waals surface area contributed by atoms with Crippen molar-refractivity contribution in [2.75, 3.05) is 6.61 Å². The van der Waals surface area contributed by atoms with Gasteiger partial charge in [0.05, 0.1) is 23.7 Å². The van der Waals surface area contributed by atoms with Crippen LogP contribution < -0.4 is 10.5 Å². The van der Waals surface area contributed by atoms with Gasteiger partial charge in [-0.25, -0.2) is 4.68 Å². The van der Waals surface area contributed by atoms with Gasteiger partial charge in [-0.1, -0.05) is 0 Å². The molecular weight excluding hydrogens is 316 g/mol. The molecule has 1 aliphatic heterocycles. The lowest BCUT2D eigenvalue weighted by Crippen LogP contribution is -2.31. The summed E-state index contributed by atoms with van der Waals surface area (Å²) < 4.78 is 13.9. The summed E-state index contributed by atoms with van der Waals surface area (Å²) in [5, 5.41) is 4.45. The van der Waals surface area contributed by atoms with Gasteiger partial charge in [-0.15, -0.1) is 0 Å². The lowest BCUT2D eigenvalue weighted by atomic mass is 9.94. The minimum absolute atomic E-state index is 0.0166. The molecule has 0 aromatic carbocycles. The fourth-order valence-electron chi connectivity index (χ4n) is 3.66. The first-order chi connectivity index (χ1) is 12.3. The van der Waals surface area contributed by atoms with Crippen molar-refractivity contribution in [3.05, 3.63) is 30.6 Å². The lowest BCUT2D eigenvalue weighted by molar-refractivity contribution is -0.0384. The van der Waals surface area contributed by atoms with Crippen molar-refractivity contribution in [3.63, 3.8) is 0 Å². The molecular formula is C19H26N4O2. The molecule has 6 heteroatoms. The third kappa shape index (κ3) is 3.85. The Labute approximate surface area is 148 Å². The van der Waals surface area contributed by atoms with Crippen molar-refractivity contribution in [1.29, 1.82) is 0 Å². The maximum absolute atomic E-state index is 6.06. The Hall–Kier alpha value is -1.92. The monoisotopic (exact) mass is 342 g/mol. The minimum Gasteiger partial charge on any atom is -0.489 e. The molecule has 2 aromatic heterocycles. The van der Waals surface area contributed by atoms with Gasteiger partial charge in [0.25, 0.3) is 0 Å². The Morgan fingerprint density at radius 3 is 2.68 bits per heavy atom. The number of aromatic nitrogens is 3. The summed E-state index contributed by atoms with van der Waals surface area (Å²) in [4.78, 5) is 4.59. The number of ether oxygens (including phenoxy) is 2. The van der Waals surface area contributed by atoms with Gasteiger partial charge >= 0.3 is 0 Å². The van der Waals surface area contributed by atoms with E-state index in [1.54, 1.807) is 0 Å². The van der Waals surface area contributed by atoms with Crippen molar-refractivity contribution in [2.45, 2.75) is 63.3 Å². The minimum atomic E-state index is 0.0166. The van der Waals surface area contributed by atoms with Crippen LogP contribution in [0.25, 0.3) is 11.4 Å². The van der Waals surface area contributed by atoms with E-state index in [9.17, 15) is 0 Å². The van der Waals surface area contributed by atoms with E-state index in [1.165, 1.54) is 6.42 Å². The summed E-state index contributed by atoms with van der Waals surface area (Å²) in [6, 6.07) is 6.32. The summed E-state index contributed by atoms with van der Waals surface area (Å²) in [6.45, 7) is 0.801. The number of hydrogen-bond donors (Lipinski definition) is 1. The predicted molar refractivity (Wildman–Crippen MR) is 95.2 cm³/mol. The van der Waals surface area contributed by atoms with Crippen molar-refractivity contribution < 1.29 is 9.47 Å². The zero-order chi connectivity index (χ0) is 17.1. The second-order valence-electron chi connectivity index (χ2n) is 7.02. The third-order valence-corrected chi connectivity index (χ3v) is 5.12. The van der Waals surface area contributed by atoms with E-state index in [0.717, 1.165) is 62.3 Å². The molecule has 134 valence electrons. The normalized spacial score (nSPS) is 27.2. The van der Waals surface area contributed by atoms with Gasteiger partial charge in [0.2, 0.25) is 0 Å². The Morgan fingerprint density at radius 1 is 1.08 bits per heavy atom. The summed E-state index contributed by atoms with van der Waals surface area (Å²) in [5.74, 6) is 0.823. The van der Waals surface area contributed by atoms with Crippen LogP contribution in [0.5, 0.6) is 5.75 Å². The first kappa shape index (κ1) is 16.5. The molecule has 0 bridgehead atoms. The predicted octanol–water partition coefficient (Wildman–Crippen LogP) is 3.29. The highest BCUT2D eigenvalue weighted by atomic mass is 16.5. The Morgan fingerprint density at radius 2 is 1.96 bits per heavy atom. The molecule has 0 radical (unpaired) electrons. The van der Waals surface area contributed by atoms with Gasteiger partial charge in [0, 0.05) is 18.8 Å². The topological polar surface area (TPSA) is 75.2 Å². The quantitative estimate of drug-likeness (QED) is 0.923. The van der Waals surface area contributed by atoms with Crippen LogP contribution in [0.3, 0.4) is 0 Å². The van der Waals surface area contributed by atoms with Gasteiger partial charge in [0.1, 0.15) is 5.75 Å². The molecule has 2 fully saturated rings. The second-order valence-corrected chi connectivity index (χ2v) is 7.02. The van der Waals surface area contributed by atoms with E-state index in [-0.39, 0.29) is 12.3 Å². The molecule has 2 aliphatic rings. The highest BCUT2D eigenvalue weighted by Crippen LogP contribution is 2.28. The summed E-state index contributed by atoms with van der Waals surface area (Å²) in [7, 11) is 0. The molecule has 0 spiro atoms. The molecule has 1 saturated carbocycles. The number of nitrogens with two attached hydrogens (primary N) is 1. The van der Waals surface area contributed by atoms with Gasteiger partial charge in [-0.3, -0.25) is 4.98 Å². The van der Waals surface area contributed by atoms with Gasteiger partial charge in [0.15, 0.2) is 6.23 Å². The van der Waals surface area contributed by atoms with Gasteiger partial charge < -0.3 is 15.2 Å². The number of nitrogens with zero attached hydrogens (tertiary/aromatic N) is 3. The molecule has 3 heterocycles. The van der Waals surface area contributed by atoms with Crippen LogP contribution in [0, 0.1) is 0 Å². The van der Waals surface area contributed by atoms with E-state index in [1.807, 2.05) is 35.3 Å². The average molecular weight is 342 g/mol. The fraction of sp³-hybridized carbons (Fsp3) is 0.579. The number of hydrogen-bond acceptors (Lipinski definition) is 5. The van der Waals surface area contributed by atoms with E-state index in [4.69, 9.17) is 15.2 Å². The smallest absolute Gasteiger partial charge is 0.150 e. The zero-order valence-corrected chi connectivity index (χ0v) is 14.5. The molecule has 1 saturated heterocycles. The molecule has 25 heavy (non-hydrogen) atoms. The molecule has 2 aromatic rings. The molecule has 1 unspecified atom stereocenters. The Kier molecular flexibility index (Phi) is 4.99. The van der Waals surface area contributed by atoms with Crippen LogP contribution in [-0.4, -0.2) is 33.5 Å².